The number of carbonyl (C=O) groups excluding carboxylic acids is 1. The highest BCUT2D eigenvalue weighted by molar-refractivity contribution is 9.10. The fourth-order valence-corrected chi connectivity index (χ4v) is 2.91. The second-order valence-corrected chi connectivity index (χ2v) is 7.08. The van der Waals surface area contributed by atoms with E-state index in [1.165, 1.54) is 0 Å². The number of oxazole rings is 1. The Morgan fingerprint density at radius 1 is 1.18 bits per heavy atom. The number of amides is 1. The molecule has 28 heavy (non-hydrogen) atoms. The van der Waals surface area contributed by atoms with Crippen molar-refractivity contribution in [3.8, 4) is 17.2 Å². The van der Waals surface area contributed by atoms with Gasteiger partial charge in [-0.15, -0.1) is 0 Å². The second-order valence-electron chi connectivity index (χ2n) is 6.16. The van der Waals surface area contributed by atoms with Crippen molar-refractivity contribution in [1.82, 2.24) is 9.97 Å². The quantitative estimate of drug-likeness (QED) is 0.476. The average molecular weight is 438 g/mol. The smallest absolute Gasteiger partial charge is 0.262 e. The maximum Gasteiger partial charge on any atom is 0.262 e. The molecule has 0 spiro atoms. The Bertz CT molecular complexity index is 1110. The molecule has 0 bridgehead atoms. The number of nitrogens with one attached hydrogen (secondary N) is 1. The van der Waals surface area contributed by atoms with Gasteiger partial charge in [0.1, 0.15) is 5.75 Å². The molecule has 0 atom stereocenters. The highest BCUT2D eigenvalue weighted by atomic mass is 79.9. The molecule has 2 aromatic heterocycles. The number of fused-ring (bicyclic) bond motifs is 1. The predicted octanol–water partition coefficient (Wildman–Crippen LogP) is 4.98. The molecule has 1 N–H and O–H groups in total. The first-order valence-electron chi connectivity index (χ1n) is 8.59. The minimum absolute atomic E-state index is 0.0852. The van der Waals surface area contributed by atoms with Gasteiger partial charge < -0.3 is 14.5 Å². The lowest BCUT2D eigenvalue weighted by atomic mass is 10.1. The first-order valence-corrected chi connectivity index (χ1v) is 9.38. The SMILES string of the molecule is Cc1ccc(-c2nc3ncccc3o2)cc1NC(=O)COc1ccc(Br)cc1. The molecule has 0 unspecified atom stereocenters. The van der Waals surface area contributed by atoms with Gasteiger partial charge in [0.2, 0.25) is 5.89 Å². The summed E-state index contributed by atoms with van der Waals surface area (Å²) >= 11 is 3.36. The van der Waals surface area contributed by atoms with Crippen LogP contribution < -0.4 is 10.1 Å². The maximum absolute atomic E-state index is 12.3. The molecule has 2 aromatic carbocycles. The Kier molecular flexibility index (Phi) is 5.08. The number of aromatic nitrogens is 2. The number of hydrogen-bond donors (Lipinski definition) is 1. The fraction of sp³-hybridized carbons (Fsp3) is 0.0952. The van der Waals surface area contributed by atoms with E-state index in [-0.39, 0.29) is 12.5 Å². The number of halogens is 1. The Hall–Kier alpha value is -3.19. The number of carbonyl (C=O) groups is 1. The lowest BCUT2D eigenvalue weighted by Crippen LogP contribution is -2.20. The zero-order chi connectivity index (χ0) is 19.5. The van der Waals surface area contributed by atoms with Crippen molar-refractivity contribution in [2.45, 2.75) is 6.92 Å². The van der Waals surface area contributed by atoms with E-state index in [4.69, 9.17) is 9.15 Å². The monoisotopic (exact) mass is 437 g/mol. The molecule has 1 amide bonds. The van der Waals surface area contributed by atoms with Gasteiger partial charge in [0.15, 0.2) is 17.8 Å². The van der Waals surface area contributed by atoms with Crippen molar-refractivity contribution in [3.63, 3.8) is 0 Å². The summed E-state index contributed by atoms with van der Waals surface area (Å²) in [7, 11) is 0. The van der Waals surface area contributed by atoms with Crippen molar-refractivity contribution in [1.29, 1.82) is 0 Å². The Morgan fingerprint density at radius 2 is 2.00 bits per heavy atom. The Morgan fingerprint density at radius 3 is 2.79 bits per heavy atom. The molecule has 4 aromatic rings. The van der Waals surface area contributed by atoms with Gasteiger partial charge >= 0.3 is 0 Å². The molecule has 0 radical (unpaired) electrons. The molecule has 4 rings (SSSR count). The van der Waals surface area contributed by atoms with Crippen LogP contribution in [0.5, 0.6) is 5.75 Å². The van der Waals surface area contributed by atoms with E-state index in [1.807, 2.05) is 43.3 Å². The number of ether oxygens (including phenoxy) is 1. The summed E-state index contributed by atoms with van der Waals surface area (Å²) in [5.41, 5.74) is 3.53. The van der Waals surface area contributed by atoms with E-state index in [0.29, 0.717) is 28.6 Å². The largest absolute Gasteiger partial charge is 0.484 e. The Labute approximate surface area is 169 Å². The first kappa shape index (κ1) is 18.2. The van der Waals surface area contributed by atoms with Crippen molar-refractivity contribution in [2.75, 3.05) is 11.9 Å². The van der Waals surface area contributed by atoms with Gasteiger partial charge in [-0.1, -0.05) is 22.0 Å². The van der Waals surface area contributed by atoms with Crippen LogP contribution in [0.25, 0.3) is 22.7 Å². The van der Waals surface area contributed by atoms with Crippen molar-refractivity contribution in [2.24, 2.45) is 0 Å². The van der Waals surface area contributed by atoms with Gasteiger partial charge in [-0.3, -0.25) is 4.79 Å². The third-order valence-electron chi connectivity index (χ3n) is 4.11. The molecule has 0 fully saturated rings. The summed E-state index contributed by atoms with van der Waals surface area (Å²) in [6, 6.07) is 16.5. The third kappa shape index (κ3) is 4.04. The normalized spacial score (nSPS) is 10.8. The highest BCUT2D eigenvalue weighted by Gasteiger charge is 2.12. The van der Waals surface area contributed by atoms with Gasteiger partial charge in [0, 0.05) is 21.9 Å². The van der Waals surface area contributed by atoms with Crippen LogP contribution in [0.1, 0.15) is 5.56 Å². The summed E-state index contributed by atoms with van der Waals surface area (Å²) in [5.74, 6) is 0.834. The van der Waals surface area contributed by atoms with Crippen LogP contribution in [-0.4, -0.2) is 22.5 Å². The van der Waals surface area contributed by atoms with Gasteiger partial charge in [-0.2, -0.15) is 4.98 Å². The predicted molar refractivity (Wildman–Crippen MR) is 110 cm³/mol. The number of benzene rings is 2. The summed E-state index contributed by atoms with van der Waals surface area (Å²) in [5, 5.41) is 2.88. The molecule has 0 aliphatic heterocycles. The van der Waals surface area contributed by atoms with E-state index in [1.54, 1.807) is 24.4 Å². The fourth-order valence-electron chi connectivity index (χ4n) is 2.65. The van der Waals surface area contributed by atoms with Gasteiger partial charge in [0.25, 0.3) is 5.91 Å². The van der Waals surface area contributed by atoms with Crippen molar-refractivity contribution in [3.05, 3.63) is 70.8 Å². The first-order chi connectivity index (χ1) is 13.6. The van der Waals surface area contributed by atoms with Crippen LogP contribution in [0.3, 0.4) is 0 Å². The van der Waals surface area contributed by atoms with E-state index >= 15 is 0 Å². The summed E-state index contributed by atoms with van der Waals surface area (Å²) in [4.78, 5) is 20.9. The second kappa shape index (κ2) is 7.82. The molecular formula is C21H16BrN3O3. The maximum atomic E-state index is 12.3. The molecule has 0 saturated heterocycles. The van der Waals surface area contributed by atoms with E-state index in [2.05, 4.69) is 31.2 Å². The van der Waals surface area contributed by atoms with Crippen molar-refractivity contribution >= 4 is 38.8 Å². The minimum Gasteiger partial charge on any atom is -0.484 e. The lowest BCUT2D eigenvalue weighted by Gasteiger charge is -2.10. The highest BCUT2D eigenvalue weighted by Crippen LogP contribution is 2.27. The van der Waals surface area contributed by atoms with Crippen LogP contribution in [-0.2, 0) is 4.79 Å². The van der Waals surface area contributed by atoms with E-state index < -0.39 is 0 Å². The summed E-state index contributed by atoms with van der Waals surface area (Å²) in [6.07, 6.45) is 1.67. The number of nitrogens with zero attached hydrogens (tertiary/aromatic N) is 2. The van der Waals surface area contributed by atoms with Crippen LogP contribution in [0, 0.1) is 6.92 Å². The molecule has 7 heteroatoms. The van der Waals surface area contributed by atoms with E-state index in [9.17, 15) is 4.79 Å². The zero-order valence-corrected chi connectivity index (χ0v) is 16.6. The minimum atomic E-state index is -0.248. The molecular weight excluding hydrogens is 422 g/mol. The standard InChI is InChI=1S/C21H16BrN3O3/c1-13-4-5-14(21-25-20-18(28-21)3-2-10-23-20)11-17(13)24-19(26)12-27-16-8-6-15(22)7-9-16/h2-11H,12H2,1H3,(H,24,26). The van der Waals surface area contributed by atoms with Crippen molar-refractivity contribution < 1.29 is 13.9 Å². The number of rotatable bonds is 5. The van der Waals surface area contributed by atoms with Crippen LogP contribution >= 0.6 is 15.9 Å². The summed E-state index contributed by atoms with van der Waals surface area (Å²) < 4.78 is 12.2. The number of pyridine rings is 1. The summed E-state index contributed by atoms with van der Waals surface area (Å²) in [6.45, 7) is 1.83. The van der Waals surface area contributed by atoms with Crippen LogP contribution in [0.2, 0.25) is 0 Å². The number of anilines is 1. The van der Waals surface area contributed by atoms with Gasteiger partial charge in [-0.05, 0) is 61.0 Å². The Balaban J connectivity index is 1.49. The number of hydrogen-bond acceptors (Lipinski definition) is 5. The van der Waals surface area contributed by atoms with Crippen LogP contribution in [0.15, 0.2) is 69.7 Å². The topological polar surface area (TPSA) is 77.3 Å². The molecule has 2 heterocycles. The third-order valence-corrected chi connectivity index (χ3v) is 4.64. The van der Waals surface area contributed by atoms with Gasteiger partial charge in [-0.25, -0.2) is 4.98 Å². The zero-order valence-electron chi connectivity index (χ0n) is 15.0. The van der Waals surface area contributed by atoms with E-state index in [0.717, 1.165) is 15.6 Å². The average Bonchev–Trinajstić information content (AvgIpc) is 3.13. The molecule has 0 aliphatic carbocycles. The molecule has 0 saturated carbocycles. The van der Waals surface area contributed by atoms with Crippen LogP contribution in [0.4, 0.5) is 5.69 Å². The molecule has 140 valence electrons. The lowest BCUT2D eigenvalue weighted by molar-refractivity contribution is -0.118. The molecule has 6 nitrogen and oxygen atoms in total. The number of aryl methyl sites for hydroxylation is 1. The van der Waals surface area contributed by atoms with Gasteiger partial charge in [0.05, 0.1) is 0 Å². The molecule has 0 aliphatic rings.